The topological polar surface area (TPSA) is 93.1 Å². The summed E-state index contributed by atoms with van der Waals surface area (Å²) in [5, 5.41) is 18.5. The summed E-state index contributed by atoms with van der Waals surface area (Å²) in [6, 6.07) is 4.02. The fourth-order valence-corrected chi connectivity index (χ4v) is 3.47. The molecule has 0 bridgehead atoms. The summed E-state index contributed by atoms with van der Waals surface area (Å²) in [6.07, 6.45) is 3.16. The minimum atomic E-state index is -1.23. The van der Waals surface area contributed by atoms with Gasteiger partial charge in [-0.15, -0.1) is 0 Å². The lowest BCUT2D eigenvalue weighted by Gasteiger charge is -2.35. The van der Waals surface area contributed by atoms with Crippen molar-refractivity contribution in [2.75, 3.05) is 6.79 Å². The average molecular weight is 350 g/mol. The maximum Gasteiger partial charge on any atom is 0.339 e. The van der Waals surface area contributed by atoms with E-state index in [1.54, 1.807) is 0 Å². The maximum absolute atomic E-state index is 11.3. The molecule has 2 rings (SSSR count). The molecule has 0 radical (unpaired) electrons. The second-order valence-corrected chi connectivity index (χ2v) is 7.05. The van der Waals surface area contributed by atoms with E-state index in [-0.39, 0.29) is 29.8 Å². The highest BCUT2D eigenvalue weighted by molar-refractivity contribution is 5.98. The highest BCUT2D eigenvalue weighted by Gasteiger charge is 2.30. The first-order valence-corrected chi connectivity index (χ1v) is 8.65. The van der Waals surface area contributed by atoms with Crippen molar-refractivity contribution in [3.05, 3.63) is 29.3 Å². The smallest absolute Gasteiger partial charge is 0.339 e. The molecule has 0 saturated heterocycles. The van der Waals surface area contributed by atoms with Crippen LogP contribution in [0.15, 0.2) is 18.2 Å². The van der Waals surface area contributed by atoms with Gasteiger partial charge in [-0.3, -0.25) is 0 Å². The van der Waals surface area contributed by atoms with Crippen LogP contribution in [-0.4, -0.2) is 35.0 Å². The summed E-state index contributed by atoms with van der Waals surface area (Å²) in [4.78, 5) is 22.6. The lowest BCUT2D eigenvalue weighted by Crippen LogP contribution is -2.32. The van der Waals surface area contributed by atoms with Crippen LogP contribution in [0.5, 0.6) is 5.75 Å². The van der Waals surface area contributed by atoms with Gasteiger partial charge in [0, 0.05) is 0 Å². The van der Waals surface area contributed by atoms with Crippen LogP contribution in [0.3, 0.4) is 0 Å². The molecule has 1 saturated carbocycles. The Bertz CT molecular complexity index is 592. The van der Waals surface area contributed by atoms with Crippen molar-refractivity contribution in [2.45, 2.75) is 46.1 Å². The Morgan fingerprint density at radius 2 is 1.76 bits per heavy atom. The summed E-state index contributed by atoms with van der Waals surface area (Å²) in [5.41, 5.74) is -0.361. The van der Waals surface area contributed by atoms with Crippen molar-refractivity contribution in [1.29, 1.82) is 0 Å². The minimum Gasteiger partial charge on any atom is -0.478 e. The molecule has 3 unspecified atom stereocenters. The number of carboxylic acids is 2. The van der Waals surface area contributed by atoms with Crippen molar-refractivity contribution in [1.82, 2.24) is 0 Å². The molecule has 1 aliphatic carbocycles. The van der Waals surface area contributed by atoms with Gasteiger partial charge in [0.1, 0.15) is 11.1 Å². The van der Waals surface area contributed by atoms with Gasteiger partial charge in [0.25, 0.3) is 0 Å². The number of ether oxygens (including phenoxy) is 2. The minimum absolute atomic E-state index is 0.0419. The van der Waals surface area contributed by atoms with Crippen LogP contribution in [0.4, 0.5) is 0 Å². The molecule has 1 aromatic rings. The second kappa shape index (κ2) is 8.34. The van der Waals surface area contributed by atoms with Gasteiger partial charge < -0.3 is 19.7 Å². The fourth-order valence-electron chi connectivity index (χ4n) is 3.47. The number of para-hydroxylation sites is 1. The third kappa shape index (κ3) is 4.72. The number of carboxylic acid groups (broad SMARTS) is 2. The molecular formula is C19H26O6. The molecule has 0 aromatic heterocycles. The molecule has 3 atom stereocenters. The van der Waals surface area contributed by atoms with Crippen LogP contribution < -0.4 is 4.74 Å². The van der Waals surface area contributed by atoms with Crippen LogP contribution in [0.1, 0.15) is 60.7 Å². The first kappa shape index (κ1) is 19.2. The lowest BCUT2D eigenvalue weighted by molar-refractivity contribution is -0.0807. The van der Waals surface area contributed by atoms with Crippen molar-refractivity contribution in [3.8, 4) is 5.75 Å². The van der Waals surface area contributed by atoms with Crippen molar-refractivity contribution < 1.29 is 29.3 Å². The van der Waals surface area contributed by atoms with E-state index in [1.807, 2.05) is 0 Å². The Hall–Kier alpha value is -2.08. The molecule has 6 nitrogen and oxygen atoms in total. The third-order valence-corrected chi connectivity index (χ3v) is 5.04. The first-order valence-electron chi connectivity index (χ1n) is 8.65. The van der Waals surface area contributed by atoms with Gasteiger partial charge in [0.2, 0.25) is 0 Å². The molecule has 0 amide bonds. The van der Waals surface area contributed by atoms with E-state index in [4.69, 9.17) is 9.47 Å². The maximum atomic E-state index is 11.3. The van der Waals surface area contributed by atoms with E-state index in [0.717, 1.165) is 19.3 Å². The summed E-state index contributed by atoms with van der Waals surface area (Å²) < 4.78 is 11.2. The Morgan fingerprint density at radius 3 is 2.24 bits per heavy atom. The quantitative estimate of drug-likeness (QED) is 0.725. The SMILES string of the molecule is CC(C)C1CCC(OCOc2c(C(=O)O)cccc2C(=O)O)C(C)C1. The summed E-state index contributed by atoms with van der Waals surface area (Å²) in [6.45, 7) is 6.45. The van der Waals surface area contributed by atoms with Gasteiger partial charge >= 0.3 is 11.9 Å². The molecule has 2 N–H and O–H groups in total. The highest BCUT2D eigenvalue weighted by Crippen LogP contribution is 2.35. The molecule has 1 aromatic carbocycles. The summed E-state index contributed by atoms with van der Waals surface area (Å²) >= 11 is 0. The van der Waals surface area contributed by atoms with Gasteiger partial charge in [-0.2, -0.15) is 0 Å². The normalized spacial score (nSPS) is 23.4. The van der Waals surface area contributed by atoms with Crippen molar-refractivity contribution in [2.24, 2.45) is 17.8 Å². The van der Waals surface area contributed by atoms with E-state index in [0.29, 0.717) is 17.8 Å². The Kier molecular flexibility index (Phi) is 6.42. The Balaban J connectivity index is 2.00. The molecule has 6 heteroatoms. The predicted octanol–water partition coefficient (Wildman–Crippen LogP) is 3.90. The van der Waals surface area contributed by atoms with Gasteiger partial charge in [0.15, 0.2) is 12.5 Å². The van der Waals surface area contributed by atoms with E-state index >= 15 is 0 Å². The van der Waals surface area contributed by atoms with Crippen LogP contribution in [-0.2, 0) is 4.74 Å². The zero-order valence-electron chi connectivity index (χ0n) is 14.9. The number of carbonyl (C=O) groups is 2. The Labute approximate surface area is 147 Å². The lowest BCUT2D eigenvalue weighted by atomic mass is 9.75. The monoisotopic (exact) mass is 350 g/mol. The molecule has 0 spiro atoms. The predicted molar refractivity (Wildman–Crippen MR) is 92.1 cm³/mol. The molecular weight excluding hydrogens is 324 g/mol. The van der Waals surface area contributed by atoms with Gasteiger partial charge in [0.05, 0.1) is 6.10 Å². The standard InChI is InChI=1S/C19H26O6/c1-11(2)13-7-8-16(12(3)9-13)24-10-25-17-14(18(20)21)5-4-6-15(17)19(22)23/h4-6,11-13,16H,7-10H2,1-3H3,(H,20,21)(H,22,23). The first-order chi connectivity index (χ1) is 11.8. The molecule has 1 fully saturated rings. The largest absolute Gasteiger partial charge is 0.478 e. The average Bonchev–Trinajstić information content (AvgIpc) is 2.55. The van der Waals surface area contributed by atoms with Gasteiger partial charge in [-0.25, -0.2) is 9.59 Å². The fraction of sp³-hybridized carbons (Fsp3) is 0.579. The van der Waals surface area contributed by atoms with Crippen LogP contribution >= 0.6 is 0 Å². The number of aromatic carboxylic acids is 2. The second-order valence-electron chi connectivity index (χ2n) is 7.05. The van der Waals surface area contributed by atoms with Crippen molar-refractivity contribution >= 4 is 11.9 Å². The Morgan fingerprint density at radius 1 is 1.16 bits per heavy atom. The molecule has 138 valence electrons. The number of benzene rings is 1. The molecule has 25 heavy (non-hydrogen) atoms. The summed E-state index contributed by atoms with van der Waals surface area (Å²) in [5.74, 6) is -0.889. The highest BCUT2D eigenvalue weighted by atomic mass is 16.7. The van der Waals surface area contributed by atoms with E-state index < -0.39 is 11.9 Å². The molecule has 1 aliphatic rings. The van der Waals surface area contributed by atoms with E-state index in [1.165, 1.54) is 18.2 Å². The number of hydrogen-bond donors (Lipinski definition) is 2. The van der Waals surface area contributed by atoms with E-state index in [9.17, 15) is 19.8 Å². The van der Waals surface area contributed by atoms with Gasteiger partial charge in [-0.05, 0) is 49.1 Å². The number of hydrogen-bond acceptors (Lipinski definition) is 4. The zero-order chi connectivity index (χ0) is 18.6. The van der Waals surface area contributed by atoms with Crippen LogP contribution in [0.2, 0.25) is 0 Å². The third-order valence-electron chi connectivity index (χ3n) is 5.04. The zero-order valence-corrected chi connectivity index (χ0v) is 14.9. The number of rotatable bonds is 7. The molecule has 0 heterocycles. The summed E-state index contributed by atoms with van der Waals surface area (Å²) in [7, 11) is 0. The van der Waals surface area contributed by atoms with E-state index in [2.05, 4.69) is 20.8 Å². The van der Waals surface area contributed by atoms with Crippen LogP contribution in [0.25, 0.3) is 0 Å². The van der Waals surface area contributed by atoms with Gasteiger partial charge in [-0.1, -0.05) is 26.8 Å². The van der Waals surface area contributed by atoms with Crippen molar-refractivity contribution in [3.63, 3.8) is 0 Å². The van der Waals surface area contributed by atoms with Crippen LogP contribution in [0, 0.1) is 17.8 Å². The molecule has 0 aliphatic heterocycles.